The van der Waals surface area contributed by atoms with Gasteiger partial charge in [-0.1, -0.05) is 31.9 Å². The Morgan fingerprint density at radius 3 is 2.94 bits per heavy atom. The lowest BCUT2D eigenvalue weighted by Gasteiger charge is -2.28. The van der Waals surface area contributed by atoms with E-state index in [4.69, 9.17) is 5.73 Å². The molecule has 0 aliphatic heterocycles. The zero-order valence-electron chi connectivity index (χ0n) is 10.7. The Bertz CT molecular complexity index is 377. The Morgan fingerprint density at radius 2 is 2.18 bits per heavy atom. The standard InChI is InChI=1S/C15H23NO/c1-12-4-3-8-15(16,9-7-12)11-13-5-2-6-14(17)10-13/h2,5-6,10,12,17H,3-4,7-9,11,16H2,1H3. The van der Waals surface area contributed by atoms with E-state index in [0.717, 1.165) is 30.7 Å². The van der Waals surface area contributed by atoms with Gasteiger partial charge in [0.25, 0.3) is 0 Å². The molecular formula is C15H23NO. The highest BCUT2D eigenvalue weighted by Crippen LogP contribution is 2.31. The van der Waals surface area contributed by atoms with Gasteiger partial charge in [-0.05, 0) is 49.3 Å². The summed E-state index contributed by atoms with van der Waals surface area (Å²) in [5, 5.41) is 9.48. The van der Waals surface area contributed by atoms with Crippen LogP contribution in [-0.4, -0.2) is 10.6 Å². The lowest BCUT2D eigenvalue weighted by molar-refractivity contribution is 0.362. The molecule has 1 aromatic rings. The van der Waals surface area contributed by atoms with Gasteiger partial charge in [-0.3, -0.25) is 0 Å². The van der Waals surface area contributed by atoms with Gasteiger partial charge in [0, 0.05) is 5.54 Å². The average molecular weight is 233 g/mol. The molecule has 3 N–H and O–H groups in total. The summed E-state index contributed by atoms with van der Waals surface area (Å²) in [5.74, 6) is 1.15. The lowest BCUT2D eigenvalue weighted by Crippen LogP contribution is -2.41. The molecule has 0 saturated heterocycles. The summed E-state index contributed by atoms with van der Waals surface area (Å²) in [6.07, 6.45) is 6.86. The van der Waals surface area contributed by atoms with E-state index < -0.39 is 0 Å². The molecule has 0 bridgehead atoms. The molecule has 1 fully saturated rings. The van der Waals surface area contributed by atoms with Crippen molar-refractivity contribution in [3.05, 3.63) is 29.8 Å². The molecule has 1 aromatic carbocycles. The van der Waals surface area contributed by atoms with Crippen LogP contribution in [0.4, 0.5) is 0 Å². The Kier molecular flexibility index (Phi) is 3.72. The van der Waals surface area contributed by atoms with Gasteiger partial charge < -0.3 is 10.8 Å². The molecule has 2 nitrogen and oxygen atoms in total. The van der Waals surface area contributed by atoms with Crippen LogP contribution < -0.4 is 5.73 Å². The van der Waals surface area contributed by atoms with Gasteiger partial charge in [0.05, 0.1) is 0 Å². The largest absolute Gasteiger partial charge is 0.508 e. The Labute approximate surface area is 104 Å². The normalized spacial score (nSPS) is 29.9. The van der Waals surface area contributed by atoms with E-state index in [1.54, 1.807) is 6.07 Å². The first-order valence-electron chi connectivity index (χ1n) is 6.64. The smallest absolute Gasteiger partial charge is 0.115 e. The summed E-state index contributed by atoms with van der Waals surface area (Å²) in [5.41, 5.74) is 7.61. The molecule has 1 aliphatic carbocycles. The molecule has 1 saturated carbocycles. The van der Waals surface area contributed by atoms with Crippen molar-refractivity contribution in [1.29, 1.82) is 0 Å². The number of benzene rings is 1. The van der Waals surface area contributed by atoms with Crippen LogP contribution in [0.25, 0.3) is 0 Å². The summed E-state index contributed by atoms with van der Waals surface area (Å²) < 4.78 is 0. The van der Waals surface area contributed by atoms with E-state index in [1.165, 1.54) is 19.3 Å². The lowest BCUT2D eigenvalue weighted by atomic mass is 9.84. The monoisotopic (exact) mass is 233 g/mol. The SMILES string of the molecule is CC1CCCC(N)(Cc2cccc(O)c2)CC1. The number of nitrogens with two attached hydrogens (primary N) is 1. The highest BCUT2D eigenvalue weighted by Gasteiger charge is 2.28. The van der Waals surface area contributed by atoms with Crippen molar-refractivity contribution in [2.24, 2.45) is 11.7 Å². The van der Waals surface area contributed by atoms with Gasteiger partial charge in [-0.25, -0.2) is 0 Å². The van der Waals surface area contributed by atoms with Crippen LogP contribution >= 0.6 is 0 Å². The molecule has 0 spiro atoms. The first-order valence-corrected chi connectivity index (χ1v) is 6.64. The van der Waals surface area contributed by atoms with Crippen LogP contribution in [0.15, 0.2) is 24.3 Å². The Hall–Kier alpha value is -1.02. The Morgan fingerprint density at radius 1 is 1.35 bits per heavy atom. The summed E-state index contributed by atoms with van der Waals surface area (Å²) in [7, 11) is 0. The quantitative estimate of drug-likeness (QED) is 0.770. The highest BCUT2D eigenvalue weighted by molar-refractivity contribution is 5.28. The summed E-state index contributed by atoms with van der Waals surface area (Å²) in [4.78, 5) is 0. The summed E-state index contributed by atoms with van der Waals surface area (Å²) in [6, 6.07) is 7.50. The topological polar surface area (TPSA) is 46.2 Å². The van der Waals surface area contributed by atoms with E-state index in [0.29, 0.717) is 5.75 Å². The molecule has 2 heteroatoms. The fraction of sp³-hybridized carbons (Fsp3) is 0.600. The highest BCUT2D eigenvalue weighted by atomic mass is 16.3. The molecule has 94 valence electrons. The van der Waals surface area contributed by atoms with E-state index in [2.05, 4.69) is 13.0 Å². The van der Waals surface area contributed by atoms with Crippen molar-refractivity contribution in [1.82, 2.24) is 0 Å². The van der Waals surface area contributed by atoms with Gasteiger partial charge in [-0.2, -0.15) is 0 Å². The van der Waals surface area contributed by atoms with Crippen LogP contribution in [-0.2, 0) is 6.42 Å². The second-order valence-electron chi connectivity index (χ2n) is 5.75. The van der Waals surface area contributed by atoms with Crippen molar-refractivity contribution in [2.45, 2.75) is 51.0 Å². The van der Waals surface area contributed by atoms with Gasteiger partial charge in [0.1, 0.15) is 5.75 Å². The van der Waals surface area contributed by atoms with Crippen LogP contribution in [0.1, 0.15) is 44.6 Å². The molecule has 17 heavy (non-hydrogen) atoms. The summed E-state index contributed by atoms with van der Waals surface area (Å²) in [6.45, 7) is 2.32. The molecule has 2 atom stereocenters. The summed E-state index contributed by atoms with van der Waals surface area (Å²) >= 11 is 0. The maximum atomic E-state index is 9.48. The molecule has 0 heterocycles. The number of phenolic OH excluding ortho intramolecular Hbond substituents is 1. The van der Waals surface area contributed by atoms with Crippen LogP contribution in [0.5, 0.6) is 5.75 Å². The van der Waals surface area contributed by atoms with Crippen LogP contribution in [0, 0.1) is 5.92 Å². The van der Waals surface area contributed by atoms with Crippen LogP contribution in [0.3, 0.4) is 0 Å². The second-order valence-corrected chi connectivity index (χ2v) is 5.75. The average Bonchev–Trinajstić information content (AvgIpc) is 2.41. The zero-order valence-corrected chi connectivity index (χ0v) is 10.7. The minimum Gasteiger partial charge on any atom is -0.508 e. The third kappa shape index (κ3) is 3.47. The van der Waals surface area contributed by atoms with Gasteiger partial charge in [-0.15, -0.1) is 0 Å². The molecule has 1 aliphatic rings. The van der Waals surface area contributed by atoms with E-state index in [-0.39, 0.29) is 5.54 Å². The van der Waals surface area contributed by atoms with Crippen molar-refractivity contribution < 1.29 is 5.11 Å². The van der Waals surface area contributed by atoms with Crippen molar-refractivity contribution in [2.75, 3.05) is 0 Å². The van der Waals surface area contributed by atoms with Gasteiger partial charge >= 0.3 is 0 Å². The molecular weight excluding hydrogens is 210 g/mol. The predicted molar refractivity (Wildman–Crippen MR) is 71.0 cm³/mol. The minimum absolute atomic E-state index is 0.0709. The molecule has 0 radical (unpaired) electrons. The number of rotatable bonds is 2. The maximum absolute atomic E-state index is 9.48. The van der Waals surface area contributed by atoms with Crippen molar-refractivity contribution in [3.63, 3.8) is 0 Å². The minimum atomic E-state index is -0.0709. The first-order chi connectivity index (χ1) is 8.07. The zero-order chi connectivity index (χ0) is 12.3. The second kappa shape index (κ2) is 5.09. The third-order valence-corrected chi connectivity index (χ3v) is 3.97. The van der Waals surface area contributed by atoms with Crippen molar-refractivity contribution in [3.8, 4) is 5.75 Å². The predicted octanol–water partition coefficient (Wildman–Crippen LogP) is 3.23. The molecule has 0 amide bonds. The van der Waals surface area contributed by atoms with Crippen LogP contribution in [0.2, 0.25) is 0 Å². The molecule has 2 unspecified atom stereocenters. The van der Waals surface area contributed by atoms with Gasteiger partial charge in [0.2, 0.25) is 0 Å². The number of hydrogen-bond acceptors (Lipinski definition) is 2. The first kappa shape index (κ1) is 12.4. The fourth-order valence-corrected chi connectivity index (χ4v) is 2.86. The van der Waals surface area contributed by atoms with E-state index in [1.807, 2.05) is 12.1 Å². The number of phenols is 1. The Balaban J connectivity index is 2.06. The molecule has 0 aromatic heterocycles. The maximum Gasteiger partial charge on any atom is 0.115 e. The van der Waals surface area contributed by atoms with E-state index in [9.17, 15) is 5.11 Å². The third-order valence-electron chi connectivity index (χ3n) is 3.97. The van der Waals surface area contributed by atoms with Gasteiger partial charge in [0.15, 0.2) is 0 Å². The van der Waals surface area contributed by atoms with E-state index >= 15 is 0 Å². The number of hydrogen-bond donors (Lipinski definition) is 2. The van der Waals surface area contributed by atoms with Crippen molar-refractivity contribution >= 4 is 0 Å². The number of aromatic hydroxyl groups is 1. The molecule has 2 rings (SSSR count). The fourth-order valence-electron chi connectivity index (χ4n) is 2.86.